The van der Waals surface area contributed by atoms with Crippen molar-refractivity contribution in [1.82, 2.24) is 9.97 Å². The summed E-state index contributed by atoms with van der Waals surface area (Å²) in [6.45, 7) is 4.00. The van der Waals surface area contributed by atoms with Gasteiger partial charge in [-0.1, -0.05) is 26.0 Å². The summed E-state index contributed by atoms with van der Waals surface area (Å²) in [5.74, 6) is -0.0329. The van der Waals surface area contributed by atoms with Gasteiger partial charge in [0.25, 0.3) is 6.01 Å². The number of pyridine rings is 1. The Morgan fingerprint density at radius 1 is 1.04 bits per heavy atom. The van der Waals surface area contributed by atoms with E-state index in [9.17, 15) is 23.3 Å². The van der Waals surface area contributed by atoms with Crippen molar-refractivity contribution in [3.8, 4) is 11.3 Å². The van der Waals surface area contributed by atoms with E-state index in [0.717, 1.165) is 12.1 Å². The smallest absolute Gasteiger partial charge is 0.416 e. The second-order valence-electron chi connectivity index (χ2n) is 4.89. The Morgan fingerprint density at radius 2 is 1.70 bits per heavy atom. The van der Waals surface area contributed by atoms with Crippen molar-refractivity contribution < 1.29 is 22.5 Å². The van der Waals surface area contributed by atoms with E-state index in [1.54, 1.807) is 0 Å². The molecule has 2 heterocycles. The Bertz CT molecular complexity index is 891. The molecule has 0 aliphatic heterocycles. The first kappa shape index (κ1) is 19.9. The first-order valence-corrected chi connectivity index (χ1v) is 7.84. The molecule has 0 radical (unpaired) electrons. The maximum atomic E-state index is 12.6. The van der Waals surface area contributed by atoms with Gasteiger partial charge in [-0.25, -0.2) is 4.98 Å². The summed E-state index contributed by atoms with van der Waals surface area (Å²) < 4.78 is 43.1. The SMILES string of the molecule is CC.O=[N+]([O-])c1ccc(Nc2ncc(-c3ccc(C(F)(F)F)cc3)o2)cn1. The second-order valence-corrected chi connectivity index (χ2v) is 4.89. The molecule has 0 amide bonds. The average Bonchev–Trinajstić information content (AvgIpc) is 3.12. The lowest BCUT2D eigenvalue weighted by Gasteiger charge is -2.06. The lowest BCUT2D eigenvalue weighted by Crippen LogP contribution is -2.03. The van der Waals surface area contributed by atoms with Crippen LogP contribution in [-0.4, -0.2) is 14.9 Å². The summed E-state index contributed by atoms with van der Waals surface area (Å²) in [5, 5.41) is 13.3. The standard InChI is InChI=1S/C15H9F3N4O3.C2H6/c16-15(17,18)10-3-1-9(2-4-10)12-8-20-14(25-12)21-11-5-6-13(19-7-11)22(23)24;1-2/h1-8H,(H,20,21);1-2H3. The zero-order chi connectivity index (χ0) is 20.0. The van der Waals surface area contributed by atoms with E-state index in [2.05, 4.69) is 15.3 Å². The topological polar surface area (TPSA) is 94.1 Å². The van der Waals surface area contributed by atoms with Crippen LogP contribution in [-0.2, 0) is 6.18 Å². The van der Waals surface area contributed by atoms with Crippen LogP contribution >= 0.6 is 0 Å². The van der Waals surface area contributed by atoms with Gasteiger partial charge in [0.2, 0.25) is 0 Å². The molecule has 3 rings (SSSR count). The Kier molecular flexibility index (Phi) is 6.11. The summed E-state index contributed by atoms with van der Waals surface area (Å²) >= 11 is 0. The molecule has 10 heteroatoms. The molecule has 0 aliphatic carbocycles. The van der Waals surface area contributed by atoms with Gasteiger partial charge in [-0.3, -0.25) is 0 Å². The summed E-state index contributed by atoms with van der Waals surface area (Å²) in [4.78, 5) is 17.5. The first-order valence-electron chi connectivity index (χ1n) is 7.84. The number of hydrogen-bond donors (Lipinski definition) is 1. The van der Waals surface area contributed by atoms with E-state index >= 15 is 0 Å². The average molecular weight is 380 g/mol. The number of hydrogen-bond acceptors (Lipinski definition) is 6. The number of nitro groups is 1. The predicted molar refractivity (Wildman–Crippen MR) is 92.5 cm³/mol. The van der Waals surface area contributed by atoms with Crippen LogP contribution in [0.5, 0.6) is 0 Å². The quantitative estimate of drug-likeness (QED) is 0.479. The number of benzene rings is 1. The second kappa shape index (κ2) is 8.30. The van der Waals surface area contributed by atoms with Gasteiger partial charge in [0.15, 0.2) is 12.0 Å². The number of nitrogens with one attached hydrogen (secondary N) is 1. The fourth-order valence-electron chi connectivity index (χ4n) is 1.98. The van der Waals surface area contributed by atoms with Gasteiger partial charge in [0.05, 0.1) is 17.4 Å². The number of halogens is 3. The van der Waals surface area contributed by atoms with Gasteiger partial charge in [-0.2, -0.15) is 13.2 Å². The number of rotatable bonds is 4. The summed E-state index contributed by atoms with van der Waals surface area (Å²) in [6.07, 6.45) is -1.82. The van der Waals surface area contributed by atoms with Crippen molar-refractivity contribution in [2.45, 2.75) is 20.0 Å². The largest absolute Gasteiger partial charge is 0.423 e. The van der Waals surface area contributed by atoms with Crippen LogP contribution in [0.1, 0.15) is 19.4 Å². The Hall–Kier alpha value is -3.43. The molecule has 0 aliphatic rings. The number of aromatic nitrogens is 2. The number of anilines is 2. The molecule has 2 aromatic heterocycles. The van der Waals surface area contributed by atoms with Crippen molar-refractivity contribution in [3.63, 3.8) is 0 Å². The van der Waals surface area contributed by atoms with E-state index in [1.165, 1.54) is 36.7 Å². The molecular formula is C17H15F3N4O3. The Balaban J connectivity index is 0.00000126. The van der Waals surface area contributed by atoms with Crippen molar-refractivity contribution in [3.05, 3.63) is 64.5 Å². The fraction of sp³-hybridized carbons (Fsp3) is 0.176. The maximum absolute atomic E-state index is 12.6. The molecule has 1 aromatic carbocycles. The van der Waals surface area contributed by atoms with Crippen molar-refractivity contribution in [2.24, 2.45) is 0 Å². The highest BCUT2D eigenvalue weighted by molar-refractivity contribution is 5.60. The molecule has 0 bridgehead atoms. The fourth-order valence-corrected chi connectivity index (χ4v) is 1.98. The third kappa shape index (κ3) is 5.03. The highest BCUT2D eigenvalue weighted by Gasteiger charge is 2.30. The first-order chi connectivity index (χ1) is 12.8. The highest BCUT2D eigenvalue weighted by atomic mass is 19.4. The Labute approximate surface area is 152 Å². The summed E-state index contributed by atoms with van der Waals surface area (Å²) in [6, 6.07) is 7.16. The third-order valence-corrected chi connectivity index (χ3v) is 3.19. The highest BCUT2D eigenvalue weighted by Crippen LogP contribution is 2.31. The van der Waals surface area contributed by atoms with Gasteiger partial charge in [-0.15, -0.1) is 0 Å². The van der Waals surface area contributed by atoms with Crippen LogP contribution in [0.3, 0.4) is 0 Å². The van der Waals surface area contributed by atoms with Gasteiger partial charge < -0.3 is 19.8 Å². The van der Waals surface area contributed by atoms with Crippen LogP contribution in [0.4, 0.5) is 30.7 Å². The minimum atomic E-state index is -4.41. The minimum Gasteiger partial charge on any atom is -0.423 e. The molecule has 142 valence electrons. The molecule has 0 fully saturated rings. The molecule has 0 unspecified atom stereocenters. The summed E-state index contributed by atoms with van der Waals surface area (Å²) in [5.41, 5.74) is 0.0767. The molecule has 1 N–H and O–H groups in total. The lowest BCUT2D eigenvalue weighted by atomic mass is 10.1. The van der Waals surface area contributed by atoms with Gasteiger partial charge in [0.1, 0.15) is 0 Å². The third-order valence-electron chi connectivity index (χ3n) is 3.19. The van der Waals surface area contributed by atoms with Crippen LogP contribution in [0, 0.1) is 10.1 Å². The number of nitrogens with zero attached hydrogens (tertiary/aromatic N) is 3. The van der Waals surface area contributed by atoms with Crippen LogP contribution in [0.2, 0.25) is 0 Å². The van der Waals surface area contributed by atoms with E-state index < -0.39 is 16.7 Å². The lowest BCUT2D eigenvalue weighted by molar-refractivity contribution is -0.389. The zero-order valence-corrected chi connectivity index (χ0v) is 14.3. The van der Waals surface area contributed by atoms with Gasteiger partial charge in [0, 0.05) is 11.6 Å². The van der Waals surface area contributed by atoms with E-state index in [4.69, 9.17) is 4.42 Å². The van der Waals surface area contributed by atoms with Crippen molar-refractivity contribution in [2.75, 3.05) is 5.32 Å². The molecule has 0 saturated carbocycles. The zero-order valence-electron chi connectivity index (χ0n) is 14.3. The van der Waals surface area contributed by atoms with E-state index in [1.807, 2.05) is 13.8 Å². The molecule has 3 aromatic rings. The van der Waals surface area contributed by atoms with Crippen LogP contribution < -0.4 is 5.32 Å². The maximum Gasteiger partial charge on any atom is 0.416 e. The summed E-state index contributed by atoms with van der Waals surface area (Å²) in [7, 11) is 0. The minimum absolute atomic E-state index is 0.0746. The Morgan fingerprint density at radius 3 is 2.22 bits per heavy atom. The van der Waals surface area contributed by atoms with Gasteiger partial charge >= 0.3 is 12.0 Å². The molecule has 27 heavy (non-hydrogen) atoms. The van der Waals surface area contributed by atoms with Crippen molar-refractivity contribution in [1.29, 1.82) is 0 Å². The molecule has 0 spiro atoms. The monoisotopic (exact) mass is 380 g/mol. The molecular weight excluding hydrogens is 365 g/mol. The molecule has 0 atom stereocenters. The van der Waals surface area contributed by atoms with E-state index in [-0.39, 0.29) is 17.6 Å². The molecule has 0 saturated heterocycles. The predicted octanol–water partition coefficient (Wildman–Crippen LogP) is 5.43. The number of alkyl halides is 3. The van der Waals surface area contributed by atoms with Crippen molar-refractivity contribution >= 4 is 17.5 Å². The van der Waals surface area contributed by atoms with Crippen LogP contribution in [0.15, 0.2) is 53.2 Å². The van der Waals surface area contributed by atoms with Gasteiger partial charge in [-0.05, 0) is 28.1 Å². The number of oxazole rings is 1. The van der Waals surface area contributed by atoms with Crippen LogP contribution in [0.25, 0.3) is 11.3 Å². The normalized spacial score (nSPS) is 10.7. The molecule has 7 nitrogen and oxygen atoms in total. The van der Waals surface area contributed by atoms with E-state index in [0.29, 0.717) is 11.3 Å².